The average Bonchev–Trinajstić information content (AvgIpc) is 3.45. The maximum Gasteiger partial charge on any atom is 0.271 e. The van der Waals surface area contributed by atoms with Gasteiger partial charge in [-0.05, 0) is 60.6 Å². The van der Waals surface area contributed by atoms with Crippen LogP contribution in [0, 0.1) is 27.9 Å². The molecule has 0 unspecified atom stereocenters. The molecule has 204 valence electrons. The van der Waals surface area contributed by atoms with Gasteiger partial charge in [0.1, 0.15) is 5.75 Å². The molecule has 39 heavy (non-hydrogen) atoms. The highest BCUT2D eigenvalue weighted by Gasteiger charge is 2.57. The molecule has 1 N–H and O–H groups in total. The molecule has 2 heterocycles. The van der Waals surface area contributed by atoms with Crippen molar-refractivity contribution in [1.29, 1.82) is 0 Å². The number of nitro groups is 1. The Bertz CT molecular complexity index is 1360. The van der Waals surface area contributed by atoms with E-state index in [0.717, 1.165) is 40.9 Å². The monoisotopic (exact) mass is 532 g/mol. The predicted octanol–water partition coefficient (Wildman–Crippen LogP) is 5.04. The molecule has 3 aliphatic rings. The normalized spacial score (nSPS) is 24.8. The number of fused-ring (bicyclic) bond motifs is 3. The molecule has 2 saturated heterocycles. The Balaban J connectivity index is 1.39. The number of rotatable bonds is 9. The van der Waals surface area contributed by atoms with Gasteiger partial charge in [-0.1, -0.05) is 36.8 Å². The number of nitro benzene ring substituents is 1. The SMILES string of the molecule is CC/C(=C\c1cccc(O)c1)CC[C@H]1OC[C@H]2C1=C(COC)C[C@H]1C(=O)N(c3cccc([N+](=O)[O-])c3)C(=O)[C@H]12. The number of methoxy groups -OCH3 is 1. The van der Waals surface area contributed by atoms with Gasteiger partial charge in [-0.15, -0.1) is 0 Å². The summed E-state index contributed by atoms with van der Waals surface area (Å²) in [6.45, 7) is 2.79. The van der Waals surface area contributed by atoms with Crippen LogP contribution in [0.15, 0.2) is 65.3 Å². The third-order valence-corrected chi connectivity index (χ3v) is 8.05. The summed E-state index contributed by atoms with van der Waals surface area (Å²) in [5.41, 5.74) is 4.28. The molecule has 0 radical (unpaired) electrons. The fourth-order valence-corrected chi connectivity index (χ4v) is 6.30. The van der Waals surface area contributed by atoms with Crippen LogP contribution in [-0.4, -0.2) is 48.3 Å². The van der Waals surface area contributed by atoms with Crippen LogP contribution in [0.2, 0.25) is 0 Å². The molecule has 2 aliphatic heterocycles. The van der Waals surface area contributed by atoms with E-state index in [1.807, 2.05) is 12.1 Å². The molecule has 0 bridgehead atoms. The van der Waals surface area contributed by atoms with Crippen LogP contribution in [0.1, 0.15) is 38.2 Å². The molecule has 2 amide bonds. The third kappa shape index (κ3) is 5.12. The van der Waals surface area contributed by atoms with Crippen molar-refractivity contribution < 1.29 is 29.1 Å². The van der Waals surface area contributed by atoms with Gasteiger partial charge < -0.3 is 14.6 Å². The standard InChI is InChI=1S/C30H32N2O7/c1-3-18(12-19-6-4-9-23(33)13-19)10-11-26-27-20(16-38-2)14-24-28(25(27)17-39-26)30(35)31(29(24)34)21-7-5-8-22(15-21)32(36)37/h4-9,12-13,15,24-26,28,33H,3,10-11,14,16-17H2,1-2H3/b18-12+/t24-,25+,26-,28-/m1/s1. The Morgan fingerprint density at radius 3 is 2.69 bits per heavy atom. The van der Waals surface area contributed by atoms with E-state index in [2.05, 4.69) is 13.0 Å². The van der Waals surface area contributed by atoms with E-state index < -0.39 is 16.8 Å². The number of carbonyl (C=O) groups excluding carboxylic acids is 2. The molecule has 2 aromatic rings. The van der Waals surface area contributed by atoms with Crippen molar-refractivity contribution in [3.8, 4) is 5.75 Å². The van der Waals surface area contributed by atoms with Gasteiger partial charge in [0.15, 0.2) is 0 Å². The zero-order valence-corrected chi connectivity index (χ0v) is 22.0. The molecular weight excluding hydrogens is 500 g/mol. The Hall–Kier alpha value is -3.82. The highest BCUT2D eigenvalue weighted by atomic mass is 16.6. The second kappa shape index (κ2) is 11.1. The topological polar surface area (TPSA) is 119 Å². The maximum atomic E-state index is 13.7. The van der Waals surface area contributed by atoms with Gasteiger partial charge in [0.2, 0.25) is 11.8 Å². The number of nitrogens with zero attached hydrogens (tertiary/aromatic N) is 2. The number of anilines is 1. The van der Waals surface area contributed by atoms with Crippen LogP contribution in [0.25, 0.3) is 6.08 Å². The first-order chi connectivity index (χ1) is 18.8. The minimum absolute atomic E-state index is 0.170. The first-order valence-electron chi connectivity index (χ1n) is 13.3. The quantitative estimate of drug-likeness (QED) is 0.208. The number of hydrogen-bond donors (Lipinski definition) is 1. The van der Waals surface area contributed by atoms with Gasteiger partial charge in [0, 0.05) is 25.2 Å². The van der Waals surface area contributed by atoms with Crippen molar-refractivity contribution in [3.63, 3.8) is 0 Å². The van der Waals surface area contributed by atoms with Crippen LogP contribution in [0.5, 0.6) is 5.75 Å². The largest absolute Gasteiger partial charge is 0.508 e. The first kappa shape index (κ1) is 26.8. The molecule has 1 aliphatic carbocycles. The zero-order chi connectivity index (χ0) is 27.7. The van der Waals surface area contributed by atoms with E-state index in [1.54, 1.807) is 25.3 Å². The van der Waals surface area contributed by atoms with E-state index in [0.29, 0.717) is 19.6 Å². The molecule has 2 aromatic carbocycles. The molecule has 9 heteroatoms. The van der Waals surface area contributed by atoms with E-state index in [9.17, 15) is 24.8 Å². The molecule has 0 spiro atoms. The molecule has 9 nitrogen and oxygen atoms in total. The maximum absolute atomic E-state index is 13.7. The predicted molar refractivity (Wildman–Crippen MR) is 145 cm³/mol. The lowest BCUT2D eigenvalue weighted by Gasteiger charge is -2.31. The summed E-state index contributed by atoms with van der Waals surface area (Å²) in [5, 5.41) is 21.1. The summed E-state index contributed by atoms with van der Waals surface area (Å²) < 4.78 is 11.8. The highest BCUT2D eigenvalue weighted by Crippen LogP contribution is 2.50. The Kier molecular flexibility index (Phi) is 7.63. The van der Waals surface area contributed by atoms with Gasteiger partial charge in [-0.25, -0.2) is 4.90 Å². The molecule has 2 fully saturated rings. The lowest BCUT2D eigenvalue weighted by Crippen LogP contribution is -2.35. The van der Waals surface area contributed by atoms with Crippen molar-refractivity contribution in [2.24, 2.45) is 17.8 Å². The van der Waals surface area contributed by atoms with E-state index in [-0.39, 0.29) is 41.0 Å². The Morgan fingerprint density at radius 1 is 1.18 bits per heavy atom. The number of imide groups is 1. The molecule has 0 saturated carbocycles. The summed E-state index contributed by atoms with van der Waals surface area (Å²) in [7, 11) is 1.61. The number of ether oxygens (including phenoxy) is 2. The number of carbonyl (C=O) groups is 2. The van der Waals surface area contributed by atoms with Crippen molar-refractivity contribution in [2.75, 3.05) is 25.2 Å². The number of phenols is 1. The summed E-state index contributed by atoms with van der Waals surface area (Å²) in [6.07, 6.45) is 4.67. The second-order valence-electron chi connectivity index (χ2n) is 10.3. The first-order valence-corrected chi connectivity index (χ1v) is 13.3. The lowest BCUT2D eigenvalue weighted by molar-refractivity contribution is -0.384. The van der Waals surface area contributed by atoms with Crippen LogP contribution in [0.3, 0.4) is 0 Å². The number of phenolic OH excluding ortho intramolecular Hbond substituents is 1. The van der Waals surface area contributed by atoms with E-state index >= 15 is 0 Å². The number of hydrogen-bond acceptors (Lipinski definition) is 7. The van der Waals surface area contributed by atoms with Crippen molar-refractivity contribution >= 4 is 29.3 Å². The number of non-ortho nitro benzene ring substituents is 1. The van der Waals surface area contributed by atoms with Crippen molar-refractivity contribution in [2.45, 2.75) is 38.7 Å². The van der Waals surface area contributed by atoms with Crippen molar-refractivity contribution in [1.82, 2.24) is 0 Å². The van der Waals surface area contributed by atoms with Crippen LogP contribution >= 0.6 is 0 Å². The summed E-state index contributed by atoms with van der Waals surface area (Å²) in [5.74, 6) is -1.78. The second-order valence-corrected chi connectivity index (χ2v) is 10.3. The van der Waals surface area contributed by atoms with Gasteiger partial charge in [0.25, 0.3) is 5.69 Å². The Labute approximate surface area is 226 Å². The lowest BCUT2D eigenvalue weighted by atomic mass is 9.69. The summed E-state index contributed by atoms with van der Waals surface area (Å²) in [4.78, 5) is 39.1. The molecule has 5 rings (SSSR count). The number of amides is 2. The fraction of sp³-hybridized carbons (Fsp3) is 0.400. The summed E-state index contributed by atoms with van der Waals surface area (Å²) >= 11 is 0. The van der Waals surface area contributed by atoms with Gasteiger partial charge in [-0.3, -0.25) is 19.7 Å². The third-order valence-electron chi connectivity index (χ3n) is 8.05. The van der Waals surface area contributed by atoms with Gasteiger partial charge in [0.05, 0.1) is 41.8 Å². The summed E-state index contributed by atoms with van der Waals surface area (Å²) in [6, 6.07) is 12.8. The Morgan fingerprint density at radius 2 is 1.97 bits per heavy atom. The molecule has 4 atom stereocenters. The smallest absolute Gasteiger partial charge is 0.271 e. The number of aromatic hydroxyl groups is 1. The molecule has 0 aromatic heterocycles. The highest BCUT2D eigenvalue weighted by molar-refractivity contribution is 6.22. The number of benzene rings is 2. The van der Waals surface area contributed by atoms with Crippen LogP contribution in [0.4, 0.5) is 11.4 Å². The van der Waals surface area contributed by atoms with Gasteiger partial charge in [-0.2, -0.15) is 0 Å². The molecular formula is C30H32N2O7. The minimum atomic E-state index is -0.564. The van der Waals surface area contributed by atoms with Crippen LogP contribution in [-0.2, 0) is 19.1 Å². The van der Waals surface area contributed by atoms with E-state index in [4.69, 9.17) is 9.47 Å². The zero-order valence-electron chi connectivity index (χ0n) is 22.0. The fourth-order valence-electron chi connectivity index (χ4n) is 6.30. The van der Waals surface area contributed by atoms with E-state index in [1.165, 1.54) is 23.8 Å². The average molecular weight is 533 g/mol. The number of allylic oxidation sites excluding steroid dienone is 1. The van der Waals surface area contributed by atoms with Gasteiger partial charge >= 0.3 is 0 Å². The van der Waals surface area contributed by atoms with Crippen LogP contribution < -0.4 is 4.90 Å². The minimum Gasteiger partial charge on any atom is -0.508 e. The van der Waals surface area contributed by atoms with Crippen molar-refractivity contribution in [3.05, 3.63) is 80.9 Å².